The number of amides is 1. The zero-order valence-corrected chi connectivity index (χ0v) is 10.7. The summed E-state index contributed by atoms with van der Waals surface area (Å²) in [6, 6.07) is -0.239. The summed E-state index contributed by atoms with van der Waals surface area (Å²) in [5.74, 6) is -0.681. The molecule has 0 aliphatic heterocycles. The normalized spacial score (nSPS) is 24.3. The minimum Gasteiger partial charge on any atom is -0.481 e. The summed E-state index contributed by atoms with van der Waals surface area (Å²) in [5, 5.41) is 11.7. The number of carboxylic acid groups (broad SMARTS) is 1. The van der Waals surface area contributed by atoms with Crippen molar-refractivity contribution in [2.75, 3.05) is 0 Å². The molecule has 1 amide bonds. The molecule has 2 aliphatic carbocycles. The van der Waals surface area contributed by atoms with Crippen LogP contribution in [0.2, 0.25) is 0 Å². The Labute approximate surface area is 107 Å². The molecule has 0 saturated heterocycles. The molecule has 102 valence electrons. The van der Waals surface area contributed by atoms with Crippen LogP contribution in [0.25, 0.3) is 0 Å². The van der Waals surface area contributed by atoms with Gasteiger partial charge in [-0.3, -0.25) is 9.59 Å². The summed E-state index contributed by atoms with van der Waals surface area (Å²) in [4.78, 5) is 23.0. The maximum atomic E-state index is 12.2. The Morgan fingerprint density at radius 3 is 2.39 bits per heavy atom. The number of hydrogen-bond donors (Lipinski definition) is 3. The average Bonchev–Trinajstić information content (AvgIpc) is 3.12. The van der Waals surface area contributed by atoms with E-state index in [0.717, 1.165) is 32.1 Å². The van der Waals surface area contributed by atoms with Gasteiger partial charge in [-0.15, -0.1) is 0 Å². The molecule has 4 N–H and O–H groups in total. The Kier molecular flexibility index (Phi) is 3.90. The van der Waals surface area contributed by atoms with Crippen molar-refractivity contribution in [1.29, 1.82) is 0 Å². The second-order valence-electron chi connectivity index (χ2n) is 5.73. The summed E-state index contributed by atoms with van der Waals surface area (Å²) in [7, 11) is 0. The van der Waals surface area contributed by atoms with Gasteiger partial charge in [0.1, 0.15) is 0 Å². The van der Waals surface area contributed by atoms with Gasteiger partial charge in [0.05, 0.1) is 12.0 Å². The molecule has 5 nitrogen and oxygen atoms in total. The second kappa shape index (κ2) is 5.26. The molecular weight excluding hydrogens is 232 g/mol. The van der Waals surface area contributed by atoms with Crippen molar-refractivity contribution in [2.24, 2.45) is 11.7 Å². The summed E-state index contributed by atoms with van der Waals surface area (Å²) in [6.45, 7) is 0. The monoisotopic (exact) mass is 254 g/mol. The Balaban J connectivity index is 1.93. The van der Waals surface area contributed by atoms with Crippen molar-refractivity contribution in [3.05, 3.63) is 0 Å². The van der Waals surface area contributed by atoms with E-state index in [-0.39, 0.29) is 18.4 Å². The van der Waals surface area contributed by atoms with Crippen LogP contribution in [-0.2, 0) is 9.59 Å². The zero-order chi connectivity index (χ0) is 13.2. The van der Waals surface area contributed by atoms with Crippen LogP contribution in [0.15, 0.2) is 0 Å². The molecule has 5 heteroatoms. The molecule has 2 fully saturated rings. The highest BCUT2D eigenvalue weighted by molar-refractivity contribution is 5.86. The minimum absolute atomic E-state index is 0.00644. The van der Waals surface area contributed by atoms with E-state index in [1.807, 2.05) is 0 Å². The number of rotatable bonds is 5. The fourth-order valence-corrected chi connectivity index (χ4v) is 2.74. The Morgan fingerprint density at radius 2 is 1.89 bits per heavy atom. The Bertz CT molecular complexity index is 333. The maximum Gasteiger partial charge on any atom is 0.305 e. The molecule has 2 saturated carbocycles. The van der Waals surface area contributed by atoms with Gasteiger partial charge in [0, 0.05) is 6.04 Å². The highest BCUT2D eigenvalue weighted by atomic mass is 16.4. The summed E-state index contributed by atoms with van der Waals surface area (Å²) in [5.41, 5.74) is 5.37. The predicted octanol–water partition coefficient (Wildman–Crippen LogP) is 1.02. The van der Waals surface area contributed by atoms with Crippen molar-refractivity contribution in [3.8, 4) is 0 Å². The molecule has 0 heterocycles. The Morgan fingerprint density at radius 1 is 1.28 bits per heavy atom. The van der Waals surface area contributed by atoms with Crippen LogP contribution >= 0.6 is 0 Å². The number of nitrogens with two attached hydrogens (primary N) is 1. The molecule has 1 unspecified atom stereocenters. The number of carbonyl (C=O) groups is 2. The van der Waals surface area contributed by atoms with Crippen molar-refractivity contribution < 1.29 is 14.7 Å². The van der Waals surface area contributed by atoms with Gasteiger partial charge in [-0.25, -0.2) is 0 Å². The van der Waals surface area contributed by atoms with Crippen LogP contribution in [0.1, 0.15) is 51.4 Å². The minimum atomic E-state index is -0.859. The third kappa shape index (κ3) is 3.22. The third-order valence-corrected chi connectivity index (χ3v) is 4.10. The van der Waals surface area contributed by atoms with Gasteiger partial charge in [0.2, 0.25) is 5.91 Å². The summed E-state index contributed by atoms with van der Waals surface area (Å²) < 4.78 is 0. The molecular formula is C13H22N2O3. The number of carboxylic acids is 1. The van der Waals surface area contributed by atoms with Crippen molar-refractivity contribution in [3.63, 3.8) is 0 Å². The first kappa shape index (κ1) is 13.3. The molecule has 0 radical (unpaired) electrons. The van der Waals surface area contributed by atoms with E-state index in [9.17, 15) is 9.59 Å². The number of aliphatic carboxylic acids is 1. The van der Waals surface area contributed by atoms with E-state index in [1.165, 1.54) is 0 Å². The van der Waals surface area contributed by atoms with Crippen LogP contribution < -0.4 is 11.1 Å². The first-order valence-corrected chi connectivity index (χ1v) is 6.83. The van der Waals surface area contributed by atoms with Crippen LogP contribution in [0.3, 0.4) is 0 Å². The topological polar surface area (TPSA) is 92.4 Å². The van der Waals surface area contributed by atoms with E-state index < -0.39 is 11.5 Å². The molecule has 0 aromatic heterocycles. The first-order chi connectivity index (χ1) is 8.51. The lowest BCUT2D eigenvalue weighted by Crippen LogP contribution is -2.57. The van der Waals surface area contributed by atoms with E-state index in [0.29, 0.717) is 18.8 Å². The molecule has 0 bridgehead atoms. The van der Waals surface area contributed by atoms with E-state index in [1.54, 1.807) is 0 Å². The van der Waals surface area contributed by atoms with Crippen LogP contribution in [0, 0.1) is 5.92 Å². The lowest BCUT2D eigenvalue weighted by atomic mass is 9.81. The van der Waals surface area contributed by atoms with Crippen LogP contribution in [0.4, 0.5) is 0 Å². The molecule has 1 atom stereocenters. The van der Waals surface area contributed by atoms with Gasteiger partial charge in [-0.2, -0.15) is 0 Å². The van der Waals surface area contributed by atoms with Crippen molar-refractivity contribution >= 4 is 11.9 Å². The molecule has 0 aromatic rings. The highest BCUT2D eigenvalue weighted by Gasteiger charge is 2.40. The van der Waals surface area contributed by atoms with E-state index >= 15 is 0 Å². The number of carbonyl (C=O) groups excluding carboxylic acids is 1. The van der Waals surface area contributed by atoms with E-state index in [4.69, 9.17) is 10.8 Å². The molecule has 2 rings (SSSR count). The van der Waals surface area contributed by atoms with E-state index in [2.05, 4.69) is 5.32 Å². The average molecular weight is 254 g/mol. The Hall–Kier alpha value is -1.10. The maximum absolute atomic E-state index is 12.2. The lowest BCUT2D eigenvalue weighted by molar-refractivity contribution is -0.138. The van der Waals surface area contributed by atoms with Gasteiger partial charge in [-0.05, 0) is 31.6 Å². The molecule has 0 aromatic carbocycles. The van der Waals surface area contributed by atoms with Gasteiger partial charge in [-0.1, -0.05) is 19.3 Å². The fourth-order valence-electron chi connectivity index (χ4n) is 2.74. The second-order valence-corrected chi connectivity index (χ2v) is 5.73. The number of nitrogens with one attached hydrogen (secondary N) is 1. The third-order valence-electron chi connectivity index (χ3n) is 4.10. The van der Waals surface area contributed by atoms with Crippen LogP contribution in [0.5, 0.6) is 0 Å². The predicted molar refractivity (Wildman–Crippen MR) is 66.9 cm³/mol. The standard InChI is InChI=1S/C13H22N2O3/c14-13(6-2-1-3-7-13)12(18)15-10(8-11(16)17)9-4-5-9/h9-10H,1-8,14H2,(H,15,18)(H,16,17). The largest absolute Gasteiger partial charge is 0.481 e. The lowest BCUT2D eigenvalue weighted by Gasteiger charge is -2.33. The quantitative estimate of drug-likeness (QED) is 0.683. The van der Waals surface area contributed by atoms with Gasteiger partial charge < -0.3 is 16.2 Å². The first-order valence-electron chi connectivity index (χ1n) is 6.83. The van der Waals surface area contributed by atoms with Crippen LogP contribution in [-0.4, -0.2) is 28.6 Å². The summed E-state index contributed by atoms with van der Waals surface area (Å²) in [6.07, 6.45) is 6.55. The van der Waals surface area contributed by atoms with Gasteiger partial charge in [0.15, 0.2) is 0 Å². The highest BCUT2D eigenvalue weighted by Crippen LogP contribution is 2.35. The number of hydrogen-bond acceptors (Lipinski definition) is 3. The van der Waals surface area contributed by atoms with Crippen molar-refractivity contribution in [1.82, 2.24) is 5.32 Å². The zero-order valence-electron chi connectivity index (χ0n) is 10.7. The van der Waals surface area contributed by atoms with Crippen molar-refractivity contribution in [2.45, 2.75) is 62.9 Å². The van der Waals surface area contributed by atoms with Gasteiger partial charge in [0.25, 0.3) is 0 Å². The fraction of sp³-hybridized carbons (Fsp3) is 0.846. The SMILES string of the molecule is NC1(C(=O)NC(CC(=O)O)C2CC2)CCCCC1. The molecule has 0 spiro atoms. The molecule has 18 heavy (non-hydrogen) atoms. The smallest absolute Gasteiger partial charge is 0.305 e. The van der Waals surface area contributed by atoms with Gasteiger partial charge >= 0.3 is 5.97 Å². The summed E-state index contributed by atoms with van der Waals surface area (Å²) >= 11 is 0. The molecule has 2 aliphatic rings.